The van der Waals surface area contributed by atoms with Gasteiger partial charge >= 0.3 is 0 Å². The monoisotopic (exact) mass is 382 g/mol. The summed E-state index contributed by atoms with van der Waals surface area (Å²) in [6.07, 6.45) is 4.60. The van der Waals surface area contributed by atoms with E-state index >= 15 is 0 Å². The molecule has 0 spiro atoms. The number of hydrogen-bond acceptors (Lipinski definition) is 4. The highest BCUT2D eigenvalue weighted by molar-refractivity contribution is 6.04. The Morgan fingerprint density at radius 2 is 1.75 bits per heavy atom. The fourth-order valence-electron chi connectivity index (χ4n) is 3.35. The lowest BCUT2D eigenvalue weighted by atomic mass is 10.1. The van der Waals surface area contributed by atoms with Gasteiger partial charge in [-0.2, -0.15) is 0 Å². The highest BCUT2D eigenvalue weighted by Crippen LogP contribution is 2.23. The normalized spacial score (nSPS) is 14.7. The van der Waals surface area contributed by atoms with Gasteiger partial charge in [0.1, 0.15) is 5.75 Å². The maximum atomic E-state index is 12.5. The molecule has 0 unspecified atom stereocenters. The highest BCUT2D eigenvalue weighted by Gasteiger charge is 2.18. The van der Waals surface area contributed by atoms with E-state index in [0.29, 0.717) is 18.3 Å². The summed E-state index contributed by atoms with van der Waals surface area (Å²) in [5.41, 5.74) is 2.60. The van der Waals surface area contributed by atoms with Gasteiger partial charge in [-0.1, -0.05) is 13.3 Å². The van der Waals surface area contributed by atoms with Crippen molar-refractivity contribution in [3.05, 3.63) is 54.1 Å². The number of anilines is 2. The molecular formula is C23H30N2O3. The van der Waals surface area contributed by atoms with Crippen LogP contribution in [0.5, 0.6) is 5.75 Å². The number of methoxy groups -OCH3 is 1. The Bertz CT molecular complexity index is 735. The Morgan fingerprint density at radius 1 is 1.07 bits per heavy atom. The van der Waals surface area contributed by atoms with E-state index in [0.717, 1.165) is 50.2 Å². The van der Waals surface area contributed by atoms with Gasteiger partial charge in [0, 0.05) is 37.1 Å². The molecule has 0 saturated carbocycles. The number of hydrogen-bond donors (Lipinski definition) is 1. The predicted octanol–water partition coefficient (Wildman–Crippen LogP) is 4.73. The van der Waals surface area contributed by atoms with Crippen LogP contribution in [0.1, 0.15) is 43.0 Å². The fraction of sp³-hybridized carbons (Fsp3) is 0.435. The van der Waals surface area contributed by atoms with Gasteiger partial charge < -0.3 is 19.7 Å². The van der Waals surface area contributed by atoms with Gasteiger partial charge in [-0.25, -0.2) is 0 Å². The summed E-state index contributed by atoms with van der Waals surface area (Å²) in [5, 5.41) is 2.96. The van der Waals surface area contributed by atoms with Crippen LogP contribution < -0.4 is 15.0 Å². The Balaban J connectivity index is 1.53. The van der Waals surface area contributed by atoms with Crippen molar-refractivity contribution in [2.24, 2.45) is 0 Å². The number of nitrogens with one attached hydrogen (secondary N) is 1. The van der Waals surface area contributed by atoms with Crippen molar-refractivity contribution in [3.8, 4) is 5.75 Å². The van der Waals surface area contributed by atoms with Crippen LogP contribution in [-0.4, -0.2) is 38.8 Å². The Kier molecular flexibility index (Phi) is 7.31. The molecule has 3 rings (SSSR count). The summed E-state index contributed by atoms with van der Waals surface area (Å²) in [6.45, 7) is 4.83. The zero-order valence-electron chi connectivity index (χ0n) is 16.8. The second kappa shape index (κ2) is 10.1. The van der Waals surface area contributed by atoms with E-state index in [2.05, 4.69) is 29.3 Å². The molecule has 1 saturated heterocycles. The first kappa shape index (κ1) is 20.2. The summed E-state index contributed by atoms with van der Waals surface area (Å²) in [6, 6.07) is 15.3. The Labute approximate surface area is 167 Å². The average molecular weight is 383 g/mol. The van der Waals surface area contributed by atoms with Crippen molar-refractivity contribution in [3.63, 3.8) is 0 Å². The quantitative estimate of drug-likeness (QED) is 0.671. The number of benzene rings is 2. The van der Waals surface area contributed by atoms with Crippen LogP contribution in [0.3, 0.4) is 0 Å². The van der Waals surface area contributed by atoms with E-state index in [4.69, 9.17) is 9.47 Å². The van der Waals surface area contributed by atoms with Crippen LogP contribution in [0.2, 0.25) is 0 Å². The van der Waals surface area contributed by atoms with E-state index in [9.17, 15) is 4.79 Å². The van der Waals surface area contributed by atoms with Gasteiger partial charge in [-0.05, 0) is 67.8 Å². The third-order valence-corrected chi connectivity index (χ3v) is 5.15. The number of piperidine rings is 1. The van der Waals surface area contributed by atoms with Crippen LogP contribution in [0, 0.1) is 0 Å². The van der Waals surface area contributed by atoms with Crippen LogP contribution >= 0.6 is 0 Å². The molecule has 2 aromatic rings. The minimum atomic E-state index is -0.117. The third-order valence-electron chi connectivity index (χ3n) is 5.15. The topological polar surface area (TPSA) is 50.8 Å². The molecule has 1 fully saturated rings. The van der Waals surface area contributed by atoms with Crippen LogP contribution in [0.15, 0.2) is 48.5 Å². The van der Waals surface area contributed by atoms with E-state index < -0.39 is 0 Å². The van der Waals surface area contributed by atoms with E-state index in [1.165, 1.54) is 5.69 Å². The van der Waals surface area contributed by atoms with Crippen LogP contribution in [0.25, 0.3) is 0 Å². The molecule has 150 valence electrons. The van der Waals surface area contributed by atoms with Gasteiger partial charge in [0.05, 0.1) is 12.7 Å². The van der Waals surface area contributed by atoms with Gasteiger partial charge in [-0.15, -0.1) is 0 Å². The average Bonchev–Trinajstić information content (AvgIpc) is 2.75. The molecule has 1 heterocycles. The molecule has 0 radical (unpaired) electrons. The van der Waals surface area contributed by atoms with Gasteiger partial charge in [-0.3, -0.25) is 4.79 Å². The number of unbranched alkanes of at least 4 members (excludes halogenated alkanes) is 1. The zero-order chi connectivity index (χ0) is 19.8. The smallest absolute Gasteiger partial charge is 0.255 e. The lowest BCUT2D eigenvalue weighted by Crippen LogP contribution is -2.36. The standard InChI is InChI=1S/C23H30N2O3/c1-3-4-17-28-22-11-5-18(6-12-22)23(26)24-19-7-9-20(10-8-19)25-15-13-21(27-2)14-16-25/h5-12,21H,3-4,13-17H2,1-2H3,(H,24,26). The molecule has 2 aromatic carbocycles. The first-order valence-corrected chi connectivity index (χ1v) is 10.1. The number of nitrogens with zero attached hydrogens (tertiary/aromatic N) is 1. The molecular weight excluding hydrogens is 352 g/mol. The fourth-order valence-corrected chi connectivity index (χ4v) is 3.35. The number of rotatable bonds is 8. The molecule has 5 nitrogen and oxygen atoms in total. The SMILES string of the molecule is CCCCOc1ccc(C(=O)Nc2ccc(N3CCC(OC)CC3)cc2)cc1. The van der Waals surface area contributed by atoms with Gasteiger partial charge in [0.25, 0.3) is 5.91 Å². The maximum Gasteiger partial charge on any atom is 0.255 e. The predicted molar refractivity (Wildman–Crippen MR) is 113 cm³/mol. The molecule has 0 atom stereocenters. The lowest BCUT2D eigenvalue weighted by molar-refractivity contribution is 0.0819. The van der Waals surface area contributed by atoms with Crippen molar-refractivity contribution < 1.29 is 14.3 Å². The number of ether oxygens (including phenoxy) is 2. The number of amides is 1. The van der Waals surface area contributed by atoms with E-state index in [1.54, 1.807) is 19.2 Å². The Hall–Kier alpha value is -2.53. The summed E-state index contributed by atoms with van der Waals surface area (Å²) >= 11 is 0. The van der Waals surface area contributed by atoms with Crippen LogP contribution in [0.4, 0.5) is 11.4 Å². The molecule has 28 heavy (non-hydrogen) atoms. The van der Waals surface area contributed by atoms with Gasteiger partial charge in [0.15, 0.2) is 0 Å². The molecule has 1 aliphatic heterocycles. The minimum Gasteiger partial charge on any atom is -0.494 e. The van der Waals surface area contributed by atoms with Crippen molar-refractivity contribution in [2.75, 3.05) is 37.0 Å². The van der Waals surface area contributed by atoms with Crippen molar-refractivity contribution in [2.45, 2.75) is 38.7 Å². The molecule has 0 bridgehead atoms. The second-order valence-corrected chi connectivity index (χ2v) is 7.15. The number of carbonyl (C=O) groups is 1. The minimum absolute atomic E-state index is 0.117. The third kappa shape index (κ3) is 5.49. The van der Waals surface area contributed by atoms with Gasteiger partial charge in [0.2, 0.25) is 0 Å². The molecule has 1 aliphatic rings. The summed E-state index contributed by atoms with van der Waals surface area (Å²) in [5.74, 6) is 0.681. The van der Waals surface area contributed by atoms with Crippen LogP contribution in [-0.2, 0) is 4.74 Å². The maximum absolute atomic E-state index is 12.5. The van der Waals surface area contributed by atoms with Crippen molar-refractivity contribution >= 4 is 17.3 Å². The summed E-state index contributed by atoms with van der Waals surface area (Å²) in [4.78, 5) is 14.8. The molecule has 1 N–H and O–H groups in total. The summed E-state index contributed by atoms with van der Waals surface area (Å²) < 4.78 is 11.1. The molecule has 5 heteroatoms. The molecule has 1 amide bonds. The van der Waals surface area contributed by atoms with Crippen molar-refractivity contribution in [1.82, 2.24) is 0 Å². The number of carbonyl (C=O) groups excluding carboxylic acids is 1. The highest BCUT2D eigenvalue weighted by atomic mass is 16.5. The summed E-state index contributed by atoms with van der Waals surface area (Å²) in [7, 11) is 1.78. The van der Waals surface area contributed by atoms with E-state index in [1.807, 2.05) is 24.3 Å². The second-order valence-electron chi connectivity index (χ2n) is 7.15. The molecule has 0 aliphatic carbocycles. The Morgan fingerprint density at radius 3 is 2.36 bits per heavy atom. The van der Waals surface area contributed by atoms with Crippen molar-refractivity contribution in [1.29, 1.82) is 0 Å². The lowest BCUT2D eigenvalue weighted by Gasteiger charge is -2.33. The largest absolute Gasteiger partial charge is 0.494 e. The van der Waals surface area contributed by atoms with E-state index in [-0.39, 0.29) is 5.91 Å². The molecule has 0 aromatic heterocycles. The zero-order valence-corrected chi connectivity index (χ0v) is 16.8. The first-order chi connectivity index (χ1) is 13.7. The first-order valence-electron chi connectivity index (χ1n) is 10.1.